The first-order valence-corrected chi connectivity index (χ1v) is 8.67. The van der Waals surface area contributed by atoms with Crippen LogP contribution < -0.4 is 10.6 Å². The second kappa shape index (κ2) is 8.17. The molecule has 0 saturated carbocycles. The zero-order valence-electron chi connectivity index (χ0n) is 14.0. The Balaban J connectivity index is 1.73. The number of nitrogens with zero attached hydrogens (tertiary/aromatic N) is 2. The van der Waals surface area contributed by atoms with Crippen LogP contribution in [0.5, 0.6) is 0 Å². The number of hydrogen-bond acceptors (Lipinski definition) is 4. The van der Waals surface area contributed by atoms with Crippen molar-refractivity contribution < 1.29 is 4.79 Å². The molecule has 5 nitrogen and oxygen atoms in total. The highest BCUT2D eigenvalue weighted by atomic mass is 35.5. The summed E-state index contributed by atoms with van der Waals surface area (Å²) >= 11 is 12.0. The Hall–Kier alpha value is -2.63. The van der Waals surface area contributed by atoms with E-state index in [9.17, 15) is 4.79 Å². The molecule has 3 rings (SSSR count). The van der Waals surface area contributed by atoms with Crippen LogP contribution in [0.25, 0.3) is 0 Å². The van der Waals surface area contributed by atoms with Crippen LogP contribution in [0.2, 0.25) is 10.0 Å². The second-order valence-corrected chi connectivity index (χ2v) is 6.48. The molecule has 0 aliphatic rings. The fourth-order valence-electron chi connectivity index (χ4n) is 2.30. The number of rotatable bonds is 5. The van der Waals surface area contributed by atoms with Gasteiger partial charge in [0, 0.05) is 17.3 Å². The van der Waals surface area contributed by atoms with Gasteiger partial charge in [-0.2, -0.15) is 0 Å². The van der Waals surface area contributed by atoms with E-state index in [1.54, 1.807) is 37.3 Å². The van der Waals surface area contributed by atoms with Crippen LogP contribution in [-0.4, -0.2) is 15.9 Å². The summed E-state index contributed by atoms with van der Waals surface area (Å²) in [5, 5.41) is 7.02. The Morgan fingerprint density at radius 2 is 1.77 bits per heavy atom. The Morgan fingerprint density at radius 3 is 2.50 bits per heavy atom. The molecule has 0 unspecified atom stereocenters. The number of halogens is 2. The predicted molar refractivity (Wildman–Crippen MR) is 105 cm³/mol. The highest BCUT2D eigenvalue weighted by Crippen LogP contribution is 2.21. The molecule has 7 heteroatoms. The molecule has 132 valence electrons. The lowest BCUT2D eigenvalue weighted by Crippen LogP contribution is -2.16. The lowest BCUT2D eigenvalue weighted by molar-refractivity contribution is 0.102. The molecule has 2 N–H and O–H groups in total. The standard InChI is InChI=1S/C19H16Cl2N4O/c1-12-10-17(18(26)24-16-5-3-2-4-15(16)21)25-19(23-12)22-11-13-6-8-14(20)9-7-13/h2-10H,11H2,1H3,(H,24,26)(H,22,23,25). The van der Waals surface area contributed by atoms with Crippen molar-refractivity contribution >= 4 is 40.7 Å². The summed E-state index contributed by atoms with van der Waals surface area (Å²) in [6, 6.07) is 16.1. The second-order valence-electron chi connectivity index (χ2n) is 5.63. The molecule has 0 spiro atoms. The number of amides is 1. The van der Waals surface area contributed by atoms with Gasteiger partial charge in [0.25, 0.3) is 5.91 Å². The molecule has 2 aromatic carbocycles. The van der Waals surface area contributed by atoms with Crippen LogP contribution in [-0.2, 0) is 6.54 Å². The van der Waals surface area contributed by atoms with E-state index in [0.29, 0.717) is 33.9 Å². The van der Waals surface area contributed by atoms with Gasteiger partial charge in [0.2, 0.25) is 5.95 Å². The maximum atomic E-state index is 12.5. The molecule has 0 aliphatic heterocycles. The molecule has 26 heavy (non-hydrogen) atoms. The number of carbonyl (C=O) groups excluding carboxylic acids is 1. The minimum Gasteiger partial charge on any atom is -0.350 e. The van der Waals surface area contributed by atoms with Gasteiger partial charge in [0.05, 0.1) is 10.7 Å². The summed E-state index contributed by atoms with van der Waals surface area (Å²) in [5.74, 6) is 0.0300. The van der Waals surface area contributed by atoms with Crippen LogP contribution in [0, 0.1) is 6.92 Å². The van der Waals surface area contributed by atoms with Gasteiger partial charge < -0.3 is 10.6 Å². The summed E-state index contributed by atoms with van der Waals surface area (Å²) < 4.78 is 0. The van der Waals surface area contributed by atoms with E-state index in [-0.39, 0.29) is 11.6 Å². The third-order valence-electron chi connectivity index (χ3n) is 3.57. The van der Waals surface area contributed by atoms with Crippen LogP contribution >= 0.6 is 23.2 Å². The van der Waals surface area contributed by atoms with Crippen molar-refractivity contribution in [2.24, 2.45) is 0 Å². The Kier molecular flexibility index (Phi) is 5.71. The largest absolute Gasteiger partial charge is 0.350 e. The molecule has 0 bridgehead atoms. The molecule has 0 fully saturated rings. The topological polar surface area (TPSA) is 66.9 Å². The van der Waals surface area contributed by atoms with Gasteiger partial charge in [0.15, 0.2) is 0 Å². The van der Waals surface area contributed by atoms with Crippen molar-refractivity contribution in [1.29, 1.82) is 0 Å². The third kappa shape index (κ3) is 4.71. The minimum absolute atomic E-state index is 0.260. The number of carbonyl (C=O) groups is 1. The molecule has 1 amide bonds. The zero-order chi connectivity index (χ0) is 18.5. The van der Waals surface area contributed by atoms with Crippen LogP contribution in [0.1, 0.15) is 21.7 Å². The van der Waals surface area contributed by atoms with Crippen molar-refractivity contribution in [1.82, 2.24) is 9.97 Å². The summed E-state index contributed by atoms with van der Waals surface area (Å²) in [4.78, 5) is 21.1. The Labute approximate surface area is 161 Å². The smallest absolute Gasteiger partial charge is 0.274 e. The van der Waals surface area contributed by atoms with Gasteiger partial charge in [0.1, 0.15) is 5.69 Å². The first-order chi connectivity index (χ1) is 12.5. The first-order valence-electron chi connectivity index (χ1n) is 7.91. The number of para-hydroxylation sites is 1. The Morgan fingerprint density at radius 1 is 1.04 bits per heavy atom. The number of aromatic nitrogens is 2. The number of nitrogens with one attached hydrogen (secondary N) is 2. The molecule has 1 aromatic heterocycles. The number of anilines is 2. The number of aryl methyl sites for hydroxylation is 1. The van der Waals surface area contributed by atoms with Gasteiger partial charge in [-0.25, -0.2) is 9.97 Å². The molecular weight excluding hydrogens is 371 g/mol. The fourth-order valence-corrected chi connectivity index (χ4v) is 2.61. The fraction of sp³-hybridized carbons (Fsp3) is 0.105. The summed E-state index contributed by atoms with van der Waals surface area (Å²) in [6.45, 7) is 2.33. The predicted octanol–water partition coefficient (Wildman–Crippen LogP) is 4.96. The maximum absolute atomic E-state index is 12.5. The van der Waals surface area contributed by atoms with Crippen molar-refractivity contribution in [2.75, 3.05) is 10.6 Å². The average molecular weight is 387 g/mol. The molecule has 0 aliphatic carbocycles. The highest BCUT2D eigenvalue weighted by molar-refractivity contribution is 6.33. The van der Waals surface area contributed by atoms with Crippen molar-refractivity contribution in [3.8, 4) is 0 Å². The molecule has 3 aromatic rings. The molecule has 0 atom stereocenters. The van der Waals surface area contributed by atoms with Gasteiger partial charge in [-0.3, -0.25) is 4.79 Å². The molecule has 1 heterocycles. The van der Waals surface area contributed by atoms with E-state index in [2.05, 4.69) is 20.6 Å². The Bertz CT molecular complexity index is 929. The van der Waals surface area contributed by atoms with E-state index in [0.717, 1.165) is 5.56 Å². The number of benzene rings is 2. The van der Waals surface area contributed by atoms with Crippen LogP contribution in [0.4, 0.5) is 11.6 Å². The molecule has 0 radical (unpaired) electrons. The van der Waals surface area contributed by atoms with Crippen LogP contribution in [0.15, 0.2) is 54.6 Å². The number of hydrogen-bond donors (Lipinski definition) is 2. The lowest BCUT2D eigenvalue weighted by atomic mass is 10.2. The minimum atomic E-state index is -0.349. The maximum Gasteiger partial charge on any atom is 0.274 e. The van der Waals surface area contributed by atoms with Crippen molar-refractivity contribution in [3.05, 3.63) is 81.6 Å². The van der Waals surface area contributed by atoms with E-state index in [1.807, 2.05) is 24.3 Å². The van der Waals surface area contributed by atoms with Gasteiger partial charge in [-0.15, -0.1) is 0 Å². The van der Waals surface area contributed by atoms with Gasteiger partial charge in [-0.05, 0) is 42.8 Å². The normalized spacial score (nSPS) is 10.4. The monoisotopic (exact) mass is 386 g/mol. The van der Waals surface area contributed by atoms with Crippen molar-refractivity contribution in [3.63, 3.8) is 0 Å². The molecular formula is C19H16Cl2N4O. The third-order valence-corrected chi connectivity index (χ3v) is 4.15. The van der Waals surface area contributed by atoms with E-state index in [4.69, 9.17) is 23.2 Å². The van der Waals surface area contributed by atoms with E-state index >= 15 is 0 Å². The first kappa shape index (κ1) is 18.2. The van der Waals surface area contributed by atoms with Gasteiger partial charge >= 0.3 is 0 Å². The SMILES string of the molecule is Cc1cc(C(=O)Nc2ccccc2Cl)nc(NCc2ccc(Cl)cc2)n1. The van der Waals surface area contributed by atoms with E-state index < -0.39 is 0 Å². The summed E-state index contributed by atoms with van der Waals surface area (Å²) in [6.07, 6.45) is 0. The highest BCUT2D eigenvalue weighted by Gasteiger charge is 2.12. The van der Waals surface area contributed by atoms with Gasteiger partial charge in [-0.1, -0.05) is 47.5 Å². The quantitative estimate of drug-likeness (QED) is 0.650. The lowest BCUT2D eigenvalue weighted by Gasteiger charge is -2.10. The molecule has 0 saturated heterocycles. The van der Waals surface area contributed by atoms with Crippen LogP contribution in [0.3, 0.4) is 0 Å². The summed E-state index contributed by atoms with van der Waals surface area (Å²) in [5.41, 5.74) is 2.51. The van der Waals surface area contributed by atoms with Crippen molar-refractivity contribution in [2.45, 2.75) is 13.5 Å². The zero-order valence-corrected chi connectivity index (χ0v) is 15.5. The van der Waals surface area contributed by atoms with E-state index in [1.165, 1.54) is 0 Å². The average Bonchev–Trinajstić information content (AvgIpc) is 2.63. The summed E-state index contributed by atoms with van der Waals surface area (Å²) in [7, 11) is 0.